The first-order valence-corrected chi connectivity index (χ1v) is 3.83. The lowest BCUT2D eigenvalue weighted by Crippen LogP contribution is -2.31. The van der Waals surface area contributed by atoms with Crippen molar-refractivity contribution in [1.29, 1.82) is 0 Å². The quantitative estimate of drug-likeness (QED) is 0.591. The predicted octanol–water partition coefficient (Wildman–Crippen LogP) is 1.81. The second kappa shape index (κ2) is 3.29. The van der Waals surface area contributed by atoms with E-state index in [9.17, 15) is 0 Å². The lowest BCUT2D eigenvalue weighted by atomic mass is 10.2. The summed E-state index contributed by atoms with van der Waals surface area (Å²) in [5.41, 5.74) is 1.03. The van der Waals surface area contributed by atoms with Crippen LogP contribution in [0.5, 0.6) is 0 Å². The molecule has 0 aliphatic carbocycles. The highest BCUT2D eigenvalue weighted by Crippen LogP contribution is 2.32. The van der Waals surface area contributed by atoms with Crippen LogP contribution >= 0.6 is 0 Å². The van der Waals surface area contributed by atoms with Gasteiger partial charge in [0.1, 0.15) is 5.76 Å². The Morgan fingerprint density at radius 1 is 1.42 bits per heavy atom. The zero-order valence-electron chi connectivity index (χ0n) is 7.88. The first-order valence-electron chi connectivity index (χ1n) is 3.83. The smallest absolute Gasteiger partial charge is 0.349 e. The van der Waals surface area contributed by atoms with Crippen LogP contribution in [0.25, 0.3) is 0 Å². The average Bonchev–Trinajstić information content (AvgIpc) is 2.43. The maximum absolute atomic E-state index is 5.43. The van der Waals surface area contributed by atoms with Crippen LogP contribution < -0.4 is 0 Å². The summed E-state index contributed by atoms with van der Waals surface area (Å²) in [6.07, 6.45) is 3.69. The number of allylic oxidation sites excluding steroid dienone is 2. The summed E-state index contributed by atoms with van der Waals surface area (Å²) in [5, 5.41) is 0. The van der Waals surface area contributed by atoms with Gasteiger partial charge in [-0.25, -0.2) is 0 Å². The molecule has 0 aromatic rings. The normalized spacial score (nSPS) is 24.0. The summed E-state index contributed by atoms with van der Waals surface area (Å²) >= 11 is 0. The van der Waals surface area contributed by atoms with Gasteiger partial charge < -0.3 is 14.2 Å². The zero-order valence-corrected chi connectivity index (χ0v) is 7.88. The molecule has 0 N–H and O–H groups in total. The van der Waals surface area contributed by atoms with Crippen LogP contribution in [0.15, 0.2) is 23.5 Å². The van der Waals surface area contributed by atoms with Gasteiger partial charge in [0, 0.05) is 20.3 Å². The molecule has 0 saturated heterocycles. The molecular formula is C9H14O3. The van der Waals surface area contributed by atoms with Crippen molar-refractivity contribution >= 4 is 0 Å². The number of hydrogen-bond acceptors (Lipinski definition) is 3. The van der Waals surface area contributed by atoms with Crippen molar-refractivity contribution < 1.29 is 14.2 Å². The Kier molecular flexibility index (Phi) is 2.55. The molecule has 0 saturated carbocycles. The third-order valence-corrected chi connectivity index (χ3v) is 1.87. The Bertz CT molecular complexity index is 224. The van der Waals surface area contributed by atoms with Gasteiger partial charge in [-0.05, 0) is 25.5 Å². The monoisotopic (exact) mass is 170 g/mol. The molecular weight excluding hydrogens is 156 g/mol. The van der Waals surface area contributed by atoms with E-state index in [0.717, 1.165) is 11.3 Å². The molecule has 1 aliphatic rings. The van der Waals surface area contributed by atoms with Gasteiger partial charge in [0.25, 0.3) is 0 Å². The predicted molar refractivity (Wildman–Crippen MR) is 45.3 cm³/mol. The number of ether oxygens (including phenoxy) is 3. The standard InChI is InChI=1S/C9H14O3/c1-5-8-7(2)6-9(10-3,11-4)12-8/h5-6H,1-4H3/b8-5-. The molecule has 0 aromatic heterocycles. The summed E-state index contributed by atoms with van der Waals surface area (Å²) in [6, 6.07) is 0. The highest BCUT2D eigenvalue weighted by Gasteiger charge is 2.36. The molecule has 0 unspecified atom stereocenters. The van der Waals surface area contributed by atoms with Crippen LogP contribution in [-0.2, 0) is 14.2 Å². The summed E-state index contributed by atoms with van der Waals surface area (Å²) < 4.78 is 15.6. The van der Waals surface area contributed by atoms with Crippen molar-refractivity contribution in [2.75, 3.05) is 14.2 Å². The summed E-state index contributed by atoms with van der Waals surface area (Å²) in [6.45, 7) is 3.86. The molecule has 1 aliphatic heterocycles. The number of rotatable bonds is 2. The van der Waals surface area contributed by atoms with Crippen LogP contribution in [0.1, 0.15) is 13.8 Å². The van der Waals surface area contributed by atoms with Crippen molar-refractivity contribution in [1.82, 2.24) is 0 Å². The Balaban J connectivity index is 2.89. The third kappa shape index (κ3) is 1.38. The van der Waals surface area contributed by atoms with Gasteiger partial charge in [-0.3, -0.25) is 0 Å². The average molecular weight is 170 g/mol. The molecule has 1 rings (SSSR count). The van der Waals surface area contributed by atoms with E-state index in [1.807, 2.05) is 26.0 Å². The summed E-state index contributed by atoms with van der Waals surface area (Å²) in [4.78, 5) is 0. The summed E-state index contributed by atoms with van der Waals surface area (Å²) in [5.74, 6) is -0.204. The fourth-order valence-electron chi connectivity index (χ4n) is 1.17. The lowest BCUT2D eigenvalue weighted by molar-refractivity contribution is -0.304. The minimum absolute atomic E-state index is 0.804. The minimum Gasteiger partial charge on any atom is -0.436 e. The van der Waals surface area contributed by atoms with Crippen molar-refractivity contribution in [3.8, 4) is 0 Å². The van der Waals surface area contributed by atoms with Crippen LogP contribution in [0, 0.1) is 0 Å². The molecule has 1 heterocycles. The van der Waals surface area contributed by atoms with Gasteiger partial charge in [0.2, 0.25) is 0 Å². The van der Waals surface area contributed by atoms with Crippen molar-refractivity contribution in [2.24, 2.45) is 0 Å². The number of hydrogen-bond donors (Lipinski definition) is 0. The van der Waals surface area contributed by atoms with Crippen molar-refractivity contribution in [3.05, 3.63) is 23.5 Å². The fourth-order valence-corrected chi connectivity index (χ4v) is 1.17. The summed E-state index contributed by atoms with van der Waals surface area (Å²) in [7, 11) is 3.10. The van der Waals surface area contributed by atoms with E-state index in [4.69, 9.17) is 14.2 Å². The van der Waals surface area contributed by atoms with Gasteiger partial charge in [-0.1, -0.05) is 0 Å². The topological polar surface area (TPSA) is 27.7 Å². The largest absolute Gasteiger partial charge is 0.436 e. The molecule has 0 fully saturated rings. The van der Waals surface area contributed by atoms with Gasteiger partial charge >= 0.3 is 5.97 Å². The molecule has 0 bridgehead atoms. The molecule has 3 nitrogen and oxygen atoms in total. The molecule has 0 aromatic carbocycles. The van der Waals surface area contributed by atoms with Crippen LogP contribution in [0.2, 0.25) is 0 Å². The Hall–Kier alpha value is -0.800. The molecule has 0 atom stereocenters. The number of methoxy groups -OCH3 is 2. The van der Waals surface area contributed by atoms with E-state index in [0.29, 0.717) is 0 Å². The Labute approximate surface area is 72.6 Å². The molecule has 0 spiro atoms. The molecule has 12 heavy (non-hydrogen) atoms. The third-order valence-electron chi connectivity index (χ3n) is 1.87. The minimum atomic E-state index is -1.01. The van der Waals surface area contributed by atoms with E-state index < -0.39 is 5.97 Å². The molecule has 68 valence electrons. The Morgan fingerprint density at radius 2 is 2.00 bits per heavy atom. The Morgan fingerprint density at radius 3 is 2.25 bits per heavy atom. The molecule has 0 amide bonds. The van der Waals surface area contributed by atoms with Crippen molar-refractivity contribution in [3.63, 3.8) is 0 Å². The first kappa shape index (κ1) is 9.29. The SMILES string of the molecule is C/C=C1\OC(OC)(OC)C=C1C. The first-order chi connectivity index (χ1) is 5.67. The second-order valence-electron chi connectivity index (χ2n) is 2.59. The van der Waals surface area contributed by atoms with E-state index in [1.54, 1.807) is 14.2 Å². The fraction of sp³-hybridized carbons (Fsp3) is 0.556. The van der Waals surface area contributed by atoms with Gasteiger partial charge in [-0.15, -0.1) is 0 Å². The zero-order chi connectivity index (χ0) is 9.19. The molecule has 0 radical (unpaired) electrons. The van der Waals surface area contributed by atoms with Crippen LogP contribution in [0.3, 0.4) is 0 Å². The van der Waals surface area contributed by atoms with Crippen molar-refractivity contribution in [2.45, 2.75) is 19.8 Å². The maximum atomic E-state index is 5.43. The van der Waals surface area contributed by atoms with Crippen LogP contribution in [-0.4, -0.2) is 20.2 Å². The highest BCUT2D eigenvalue weighted by atomic mass is 16.9. The van der Waals surface area contributed by atoms with E-state index in [2.05, 4.69) is 0 Å². The van der Waals surface area contributed by atoms with Gasteiger partial charge in [0.15, 0.2) is 0 Å². The van der Waals surface area contributed by atoms with Gasteiger partial charge in [0.05, 0.1) is 0 Å². The van der Waals surface area contributed by atoms with Crippen LogP contribution in [0.4, 0.5) is 0 Å². The van der Waals surface area contributed by atoms with E-state index >= 15 is 0 Å². The highest BCUT2D eigenvalue weighted by molar-refractivity contribution is 5.30. The second-order valence-corrected chi connectivity index (χ2v) is 2.59. The molecule has 3 heteroatoms. The van der Waals surface area contributed by atoms with Gasteiger partial charge in [-0.2, -0.15) is 0 Å². The van der Waals surface area contributed by atoms with E-state index in [-0.39, 0.29) is 0 Å². The maximum Gasteiger partial charge on any atom is 0.349 e. The lowest BCUT2D eigenvalue weighted by Gasteiger charge is -2.23. The van der Waals surface area contributed by atoms with E-state index in [1.165, 1.54) is 0 Å².